The molecule has 1 aromatic carbocycles. The van der Waals surface area contributed by atoms with Gasteiger partial charge >= 0.3 is 0 Å². The Balaban J connectivity index is 1.18. The molecule has 6 rings (SSSR count). The molecule has 2 saturated carbocycles. The van der Waals surface area contributed by atoms with Crippen molar-refractivity contribution in [1.82, 2.24) is 30.7 Å². The van der Waals surface area contributed by atoms with E-state index in [1.807, 2.05) is 4.90 Å². The molecule has 0 radical (unpaired) electrons. The molecule has 3 aromatic rings. The van der Waals surface area contributed by atoms with Gasteiger partial charge in [0.1, 0.15) is 11.6 Å². The molecule has 2 aromatic heterocycles. The molecule has 1 aliphatic heterocycles. The number of likely N-dealkylation sites (tertiary alicyclic amines) is 1. The van der Waals surface area contributed by atoms with Crippen molar-refractivity contribution in [2.24, 2.45) is 5.92 Å². The summed E-state index contributed by atoms with van der Waals surface area (Å²) in [5.74, 6) is -5.61. The van der Waals surface area contributed by atoms with Gasteiger partial charge in [-0.15, -0.1) is 0 Å². The number of benzene rings is 1. The van der Waals surface area contributed by atoms with Crippen LogP contribution in [0, 0.1) is 17.6 Å². The van der Waals surface area contributed by atoms with Crippen molar-refractivity contribution in [1.29, 1.82) is 0 Å². The average Bonchev–Trinajstić information content (AvgIpc) is 3.53. The van der Waals surface area contributed by atoms with Crippen molar-refractivity contribution >= 4 is 11.8 Å². The molecular weight excluding hydrogens is 532 g/mol. The predicted octanol–water partition coefficient (Wildman–Crippen LogP) is 3.43. The highest BCUT2D eigenvalue weighted by Gasteiger charge is 2.52. The number of rotatable bonds is 7. The number of piperidine rings is 1. The van der Waals surface area contributed by atoms with E-state index in [2.05, 4.69) is 25.8 Å². The molecule has 2 atom stereocenters. The number of nitrogens with one attached hydrogen (secondary N) is 2. The Kier molecular flexibility index (Phi) is 6.56. The molecule has 9 nitrogen and oxygen atoms in total. The van der Waals surface area contributed by atoms with Crippen molar-refractivity contribution in [3.05, 3.63) is 65.9 Å². The maximum absolute atomic E-state index is 14.2. The number of halogens is 4. The van der Waals surface area contributed by atoms with Crippen molar-refractivity contribution < 1.29 is 31.7 Å². The first kappa shape index (κ1) is 26.4. The van der Waals surface area contributed by atoms with Crippen LogP contribution >= 0.6 is 0 Å². The number of aromatic nitrogens is 3. The number of carbonyl (C=O) groups excluding carboxylic acids is 2. The quantitative estimate of drug-likeness (QED) is 0.427. The molecule has 13 heteroatoms. The second-order valence-electron chi connectivity index (χ2n) is 10.7. The topological polar surface area (TPSA) is 113 Å². The highest BCUT2D eigenvalue weighted by Crippen LogP contribution is 2.45. The van der Waals surface area contributed by atoms with E-state index < -0.39 is 41.0 Å². The molecule has 0 unspecified atom stereocenters. The summed E-state index contributed by atoms with van der Waals surface area (Å²) in [6.07, 6.45) is 4.34. The van der Waals surface area contributed by atoms with Crippen molar-refractivity contribution in [2.75, 3.05) is 13.1 Å². The number of nitrogens with zero attached hydrogens (tertiary/aromatic N) is 4. The fourth-order valence-electron chi connectivity index (χ4n) is 5.48. The van der Waals surface area contributed by atoms with Gasteiger partial charge in [0.2, 0.25) is 5.91 Å². The van der Waals surface area contributed by atoms with Crippen LogP contribution in [-0.2, 0) is 10.3 Å². The van der Waals surface area contributed by atoms with E-state index in [9.17, 15) is 27.2 Å². The van der Waals surface area contributed by atoms with E-state index in [1.54, 1.807) is 18.5 Å². The molecule has 210 valence electrons. The Hall–Kier alpha value is -3.87. The first-order chi connectivity index (χ1) is 19.1. The third-order valence-corrected chi connectivity index (χ3v) is 7.93. The largest absolute Gasteiger partial charge is 0.355 e. The Morgan fingerprint density at radius 2 is 1.82 bits per heavy atom. The minimum absolute atomic E-state index is 0.0591. The minimum Gasteiger partial charge on any atom is -0.355 e. The van der Waals surface area contributed by atoms with E-state index in [1.165, 1.54) is 12.1 Å². The van der Waals surface area contributed by atoms with Crippen molar-refractivity contribution in [2.45, 2.75) is 55.6 Å². The second kappa shape index (κ2) is 9.95. The van der Waals surface area contributed by atoms with Crippen LogP contribution in [-0.4, -0.2) is 62.9 Å². The van der Waals surface area contributed by atoms with Gasteiger partial charge in [0, 0.05) is 62.5 Å². The minimum atomic E-state index is -2.70. The maximum Gasteiger partial charge on any atom is 0.273 e. The van der Waals surface area contributed by atoms with Gasteiger partial charge in [0.15, 0.2) is 17.3 Å². The maximum atomic E-state index is 14.2. The highest BCUT2D eigenvalue weighted by atomic mass is 19.3. The van der Waals surface area contributed by atoms with E-state index in [0.29, 0.717) is 37.7 Å². The zero-order valence-corrected chi connectivity index (χ0v) is 21.2. The summed E-state index contributed by atoms with van der Waals surface area (Å²) in [6.45, 7) is 0.612. The Morgan fingerprint density at radius 3 is 2.50 bits per heavy atom. The lowest BCUT2D eigenvalue weighted by atomic mass is 9.82. The number of carbonyl (C=O) groups is 2. The van der Waals surface area contributed by atoms with E-state index in [0.717, 1.165) is 6.07 Å². The zero-order chi connectivity index (χ0) is 28.1. The molecule has 0 spiro atoms. The molecule has 2 N–H and O–H groups in total. The summed E-state index contributed by atoms with van der Waals surface area (Å²) in [5, 5.41) is 9.60. The van der Waals surface area contributed by atoms with Gasteiger partial charge in [-0.3, -0.25) is 14.5 Å². The lowest BCUT2D eigenvalue weighted by molar-refractivity contribution is -0.140. The molecular formula is C27H26F4N6O3. The van der Waals surface area contributed by atoms with Gasteiger partial charge in [-0.1, -0.05) is 5.16 Å². The summed E-state index contributed by atoms with van der Waals surface area (Å²) >= 11 is 0. The van der Waals surface area contributed by atoms with Crippen LogP contribution in [0.2, 0.25) is 0 Å². The molecule has 3 heterocycles. The Labute approximate surface area is 226 Å². The van der Waals surface area contributed by atoms with E-state index in [4.69, 9.17) is 4.52 Å². The third-order valence-electron chi connectivity index (χ3n) is 7.93. The SMILES string of the molecule is O=C(N[C@H]1CCN(C2CC(F)(F)C2)C[C@@H]1C(=O)NC1(c2ncccn2)CC1)c1cc(-c2ccc(F)cc2F)on1. The lowest BCUT2D eigenvalue weighted by Gasteiger charge is -2.47. The number of amides is 2. The number of alkyl halides is 2. The van der Waals surface area contributed by atoms with Gasteiger partial charge in [0.25, 0.3) is 11.8 Å². The van der Waals surface area contributed by atoms with Crippen molar-refractivity contribution in [3.63, 3.8) is 0 Å². The average molecular weight is 559 g/mol. The third kappa shape index (κ3) is 5.17. The molecule has 3 fully saturated rings. The summed E-state index contributed by atoms with van der Waals surface area (Å²) in [7, 11) is 0. The first-order valence-corrected chi connectivity index (χ1v) is 13.1. The van der Waals surface area contributed by atoms with Gasteiger partial charge < -0.3 is 15.2 Å². The van der Waals surface area contributed by atoms with Gasteiger partial charge in [-0.25, -0.2) is 27.5 Å². The fourth-order valence-corrected chi connectivity index (χ4v) is 5.48. The summed E-state index contributed by atoms with van der Waals surface area (Å²) < 4.78 is 59.7. The molecule has 1 saturated heterocycles. The van der Waals surface area contributed by atoms with E-state index >= 15 is 0 Å². The van der Waals surface area contributed by atoms with Crippen LogP contribution in [0.5, 0.6) is 0 Å². The summed E-state index contributed by atoms with van der Waals surface area (Å²) in [4.78, 5) is 37.2. The van der Waals surface area contributed by atoms with Crippen LogP contribution in [0.25, 0.3) is 11.3 Å². The van der Waals surface area contributed by atoms with Crippen LogP contribution in [0.3, 0.4) is 0 Å². The summed E-state index contributed by atoms with van der Waals surface area (Å²) in [5.41, 5.74) is -0.900. The van der Waals surface area contributed by atoms with Gasteiger partial charge in [-0.2, -0.15) is 0 Å². The molecule has 3 aliphatic rings. The molecule has 2 amide bonds. The normalized spacial score (nSPS) is 23.7. The van der Waals surface area contributed by atoms with Crippen LogP contribution in [0.4, 0.5) is 17.6 Å². The second-order valence-corrected chi connectivity index (χ2v) is 10.7. The molecule has 2 aliphatic carbocycles. The highest BCUT2D eigenvalue weighted by molar-refractivity contribution is 5.94. The monoisotopic (exact) mass is 558 g/mol. The smallest absolute Gasteiger partial charge is 0.273 e. The van der Waals surface area contributed by atoms with Crippen LogP contribution in [0.1, 0.15) is 48.4 Å². The molecule has 40 heavy (non-hydrogen) atoms. The van der Waals surface area contributed by atoms with Gasteiger partial charge in [-0.05, 0) is 37.5 Å². The number of hydrogen-bond donors (Lipinski definition) is 2. The van der Waals surface area contributed by atoms with Crippen molar-refractivity contribution in [3.8, 4) is 11.3 Å². The standard InChI is InChI=1S/C27H26F4N6O3/c28-15-2-3-17(19(29)10-15)22-11-21(36-40-22)24(39)34-20-4-9-37(16-12-27(30,31)13-16)14-18(20)23(38)35-26(5-6-26)25-32-7-1-8-33-25/h1-3,7-8,10-11,16,18,20H,4-6,9,12-14H2,(H,34,39)(H,35,38)/t18-,20-/m0/s1. The van der Waals surface area contributed by atoms with E-state index in [-0.39, 0.29) is 48.4 Å². The molecule has 0 bridgehead atoms. The fraction of sp³-hybridized carbons (Fsp3) is 0.444. The lowest BCUT2D eigenvalue weighted by Crippen LogP contribution is -2.61. The Bertz CT molecular complexity index is 1420. The zero-order valence-electron chi connectivity index (χ0n) is 21.2. The van der Waals surface area contributed by atoms with Crippen LogP contribution < -0.4 is 10.6 Å². The van der Waals surface area contributed by atoms with Crippen LogP contribution in [0.15, 0.2) is 47.2 Å². The Morgan fingerprint density at radius 1 is 1.07 bits per heavy atom. The summed E-state index contributed by atoms with van der Waals surface area (Å²) in [6, 6.07) is 4.88. The predicted molar refractivity (Wildman–Crippen MR) is 132 cm³/mol. The number of hydrogen-bond acceptors (Lipinski definition) is 7. The first-order valence-electron chi connectivity index (χ1n) is 13.1. The van der Waals surface area contributed by atoms with Gasteiger partial charge in [0.05, 0.1) is 17.0 Å².